The molecule has 1 aliphatic carbocycles. The Kier molecular flexibility index (Phi) is 6.57. The van der Waals surface area contributed by atoms with Crippen LogP contribution in [0.3, 0.4) is 0 Å². The Bertz CT molecular complexity index is 792. The molecule has 0 saturated heterocycles. The molecular formula is C21H26N2O4S. The highest BCUT2D eigenvalue weighted by Gasteiger charge is 2.36. The average Bonchev–Trinajstić information content (AvgIpc) is 3.42. The fourth-order valence-electron chi connectivity index (χ4n) is 3.67. The third-order valence-corrected chi connectivity index (χ3v) is 6.37. The highest BCUT2D eigenvalue weighted by molar-refractivity contribution is 7.10. The Hall–Kier alpha value is -2.54. The number of methoxy groups -OCH3 is 2. The van der Waals surface area contributed by atoms with Crippen molar-refractivity contribution in [2.24, 2.45) is 0 Å². The molecule has 0 bridgehead atoms. The van der Waals surface area contributed by atoms with Crippen LogP contribution in [0.4, 0.5) is 0 Å². The lowest BCUT2D eigenvalue weighted by atomic mass is 9.84. The molecule has 3 rings (SSSR count). The summed E-state index contributed by atoms with van der Waals surface area (Å²) < 4.78 is 10.4. The van der Waals surface area contributed by atoms with Crippen LogP contribution < -0.4 is 20.1 Å². The summed E-state index contributed by atoms with van der Waals surface area (Å²) in [5.41, 5.74) is 0.420. The minimum absolute atomic E-state index is 0.0357. The lowest BCUT2D eigenvalue weighted by Gasteiger charge is -2.28. The molecule has 0 radical (unpaired) electrons. The Labute approximate surface area is 169 Å². The second-order valence-electron chi connectivity index (χ2n) is 7.03. The van der Waals surface area contributed by atoms with E-state index in [0.717, 1.165) is 12.8 Å². The Morgan fingerprint density at radius 2 is 1.75 bits per heavy atom. The summed E-state index contributed by atoms with van der Waals surface area (Å²) in [6, 6.07) is 9.12. The van der Waals surface area contributed by atoms with Crippen molar-refractivity contribution in [2.75, 3.05) is 27.3 Å². The van der Waals surface area contributed by atoms with Gasteiger partial charge in [0.15, 0.2) is 0 Å². The first kappa shape index (κ1) is 20.2. The number of carbonyl (C=O) groups excluding carboxylic acids is 2. The second-order valence-corrected chi connectivity index (χ2v) is 7.97. The second kappa shape index (κ2) is 9.10. The topological polar surface area (TPSA) is 76.7 Å². The van der Waals surface area contributed by atoms with Gasteiger partial charge in [0.1, 0.15) is 11.5 Å². The molecule has 28 heavy (non-hydrogen) atoms. The molecule has 6 nitrogen and oxygen atoms in total. The van der Waals surface area contributed by atoms with E-state index in [1.54, 1.807) is 29.5 Å². The minimum Gasteiger partial charge on any atom is -0.497 e. The van der Waals surface area contributed by atoms with E-state index >= 15 is 0 Å². The molecule has 0 atom stereocenters. The maximum Gasteiger partial charge on any atom is 0.251 e. The summed E-state index contributed by atoms with van der Waals surface area (Å²) in [4.78, 5) is 26.0. The van der Waals surface area contributed by atoms with Gasteiger partial charge in [-0.15, -0.1) is 11.3 Å². The van der Waals surface area contributed by atoms with Crippen molar-refractivity contribution in [2.45, 2.75) is 31.1 Å². The summed E-state index contributed by atoms with van der Waals surface area (Å²) in [6.07, 6.45) is 4.54. The van der Waals surface area contributed by atoms with Gasteiger partial charge >= 0.3 is 0 Å². The number of thiophene rings is 1. The van der Waals surface area contributed by atoms with E-state index in [2.05, 4.69) is 28.1 Å². The van der Waals surface area contributed by atoms with Crippen molar-refractivity contribution in [1.82, 2.24) is 10.6 Å². The lowest BCUT2D eigenvalue weighted by molar-refractivity contribution is -0.120. The van der Waals surface area contributed by atoms with Crippen LogP contribution in [0.1, 0.15) is 40.9 Å². The third-order valence-electron chi connectivity index (χ3n) is 5.25. The Balaban J connectivity index is 1.55. The maximum absolute atomic E-state index is 12.4. The summed E-state index contributed by atoms with van der Waals surface area (Å²) >= 11 is 1.75. The predicted octanol–water partition coefficient (Wildman–Crippen LogP) is 3.12. The molecule has 7 heteroatoms. The fourth-order valence-corrected chi connectivity index (χ4v) is 4.66. The van der Waals surface area contributed by atoms with E-state index in [-0.39, 0.29) is 23.8 Å². The molecule has 1 saturated carbocycles. The first-order chi connectivity index (χ1) is 13.6. The van der Waals surface area contributed by atoms with E-state index in [4.69, 9.17) is 9.47 Å². The molecule has 0 spiro atoms. The standard InChI is InChI=1S/C21H26N2O4S/c1-26-16-10-15(11-17(12-16)27-2)20(25)22-13-19(24)23-14-21(7-3-4-8-21)18-6-5-9-28-18/h5-6,9-12H,3-4,7-8,13-14H2,1-2H3,(H,22,25)(H,23,24). The first-order valence-electron chi connectivity index (χ1n) is 9.38. The van der Waals surface area contributed by atoms with Crippen LogP contribution in [0.15, 0.2) is 35.7 Å². The molecule has 1 aliphatic rings. The molecule has 1 aromatic carbocycles. The molecule has 1 heterocycles. The van der Waals surface area contributed by atoms with Crippen LogP contribution >= 0.6 is 11.3 Å². The van der Waals surface area contributed by atoms with Crippen molar-refractivity contribution >= 4 is 23.2 Å². The largest absolute Gasteiger partial charge is 0.497 e. The molecule has 0 unspecified atom stereocenters. The van der Waals surface area contributed by atoms with Gasteiger partial charge in [-0.25, -0.2) is 0 Å². The van der Waals surface area contributed by atoms with Crippen LogP contribution in [-0.4, -0.2) is 39.1 Å². The Morgan fingerprint density at radius 3 is 2.32 bits per heavy atom. The van der Waals surface area contributed by atoms with Crippen molar-refractivity contribution in [3.8, 4) is 11.5 Å². The van der Waals surface area contributed by atoms with Crippen molar-refractivity contribution in [3.63, 3.8) is 0 Å². The number of carbonyl (C=O) groups is 2. The lowest BCUT2D eigenvalue weighted by Crippen LogP contribution is -2.43. The number of nitrogens with one attached hydrogen (secondary N) is 2. The summed E-state index contributed by atoms with van der Waals surface area (Å²) in [5.74, 6) is 0.508. The van der Waals surface area contributed by atoms with Crippen LogP contribution in [0.25, 0.3) is 0 Å². The van der Waals surface area contributed by atoms with Crippen LogP contribution in [-0.2, 0) is 10.2 Å². The molecule has 0 aliphatic heterocycles. The van der Waals surface area contributed by atoms with E-state index in [1.807, 2.05) is 0 Å². The normalized spacial score (nSPS) is 15.1. The Morgan fingerprint density at radius 1 is 1.07 bits per heavy atom. The summed E-state index contributed by atoms with van der Waals surface area (Å²) in [5, 5.41) is 7.76. The van der Waals surface area contributed by atoms with Crippen molar-refractivity contribution in [3.05, 3.63) is 46.2 Å². The fraction of sp³-hybridized carbons (Fsp3) is 0.429. The zero-order valence-corrected chi connectivity index (χ0v) is 17.1. The van der Waals surface area contributed by atoms with E-state index in [9.17, 15) is 9.59 Å². The molecule has 2 amide bonds. The van der Waals surface area contributed by atoms with Gasteiger partial charge in [0.2, 0.25) is 5.91 Å². The monoisotopic (exact) mass is 402 g/mol. The zero-order valence-electron chi connectivity index (χ0n) is 16.2. The van der Waals surface area contributed by atoms with Gasteiger partial charge in [0, 0.05) is 28.5 Å². The van der Waals surface area contributed by atoms with Crippen LogP contribution in [0.5, 0.6) is 11.5 Å². The molecule has 2 N–H and O–H groups in total. The first-order valence-corrected chi connectivity index (χ1v) is 10.3. The molecule has 1 aromatic heterocycles. The molecular weight excluding hydrogens is 376 g/mol. The van der Waals surface area contributed by atoms with Gasteiger partial charge in [0.05, 0.1) is 20.8 Å². The van der Waals surface area contributed by atoms with Gasteiger partial charge in [-0.3, -0.25) is 9.59 Å². The smallest absolute Gasteiger partial charge is 0.251 e. The van der Waals surface area contributed by atoms with Crippen LogP contribution in [0, 0.1) is 0 Å². The van der Waals surface area contributed by atoms with Gasteiger partial charge in [-0.1, -0.05) is 18.9 Å². The van der Waals surface area contributed by atoms with E-state index < -0.39 is 0 Å². The van der Waals surface area contributed by atoms with Gasteiger partial charge in [-0.2, -0.15) is 0 Å². The average molecular weight is 403 g/mol. The number of ether oxygens (including phenoxy) is 2. The SMILES string of the molecule is COc1cc(OC)cc(C(=O)NCC(=O)NCC2(c3cccs3)CCCC2)c1. The molecule has 150 valence electrons. The highest BCUT2D eigenvalue weighted by atomic mass is 32.1. The van der Waals surface area contributed by atoms with Crippen LogP contribution in [0.2, 0.25) is 0 Å². The van der Waals surface area contributed by atoms with Gasteiger partial charge < -0.3 is 20.1 Å². The minimum atomic E-state index is -0.346. The van der Waals surface area contributed by atoms with E-state index in [0.29, 0.717) is 23.6 Å². The van der Waals surface area contributed by atoms with Crippen molar-refractivity contribution in [1.29, 1.82) is 0 Å². The highest BCUT2D eigenvalue weighted by Crippen LogP contribution is 2.42. The molecule has 1 fully saturated rings. The summed E-state index contributed by atoms with van der Waals surface area (Å²) in [6.45, 7) is 0.536. The van der Waals surface area contributed by atoms with Gasteiger partial charge in [-0.05, 0) is 36.4 Å². The maximum atomic E-state index is 12.4. The van der Waals surface area contributed by atoms with Crippen molar-refractivity contribution < 1.29 is 19.1 Å². The zero-order chi connectivity index (χ0) is 20.0. The number of hydrogen-bond donors (Lipinski definition) is 2. The molecule has 2 aromatic rings. The quantitative estimate of drug-likeness (QED) is 0.711. The van der Waals surface area contributed by atoms with Gasteiger partial charge in [0.25, 0.3) is 5.91 Å². The number of hydrogen-bond acceptors (Lipinski definition) is 5. The summed E-state index contributed by atoms with van der Waals surface area (Å²) in [7, 11) is 3.05. The number of amides is 2. The number of benzene rings is 1. The number of rotatable bonds is 8. The third kappa shape index (κ3) is 4.65. The predicted molar refractivity (Wildman–Crippen MR) is 109 cm³/mol. The van der Waals surface area contributed by atoms with E-state index in [1.165, 1.54) is 31.9 Å².